The molecule has 9 nitrogen and oxygen atoms in total. The number of pyridine rings is 1. The summed E-state index contributed by atoms with van der Waals surface area (Å²) in [5.41, 5.74) is 5.44. The van der Waals surface area contributed by atoms with E-state index in [1.807, 2.05) is 0 Å². The fourth-order valence-electron chi connectivity index (χ4n) is 1.19. The third kappa shape index (κ3) is 2.40. The number of aromatic amines is 1. The Kier molecular flexibility index (Phi) is 2.87. The molecule has 5 N–H and O–H groups in total. The number of carbonyl (C=O) groups is 2. The maximum Gasteiger partial charge on any atom is 0.337 e. The van der Waals surface area contributed by atoms with E-state index in [1.165, 1.54) is 18.5 Å². The van der Waals surface area contributed by atoms with Crippen LogP contribution in [0.5, 0.6) is 0 Å². The van der Waals surface area contributed by atoms with Gasteiger partial charge in [0.2, 0.25) is 11.8 Å². The number of amides is 1. The standard InChI is InChI=1S/C9H8N6O3/c10-9-13-6(14-15-9)7(16)12-5-1-4(8(17)18)2-11-3-5/h1-3H,(H,12,16)(H,17,18)(H3,10,13,14,15). The van der Waals surface area contributed by atoms with Crippen LogP contribution in [0.2, 0.25) is 0 Å². The zero-order chi connectivity index (χ0) is 13.1. The molecule has 0 fully saturated rings. The molecule has 0 aliphatic carbocycles. The number of anilines is 2. The van der Waals surface area contributed by atoms with Crippen LogP contribution in [-0.4, -0.2) is 37.1 Å². The summed E-state index contributed by atoms with van der Waals surface area (Å²) >= 11 is 0. The van der Waals surface area contributed by atoms with Gasteiger partial charge in [0.05, 0.1) is 17.4 Å². The molecule has 0 radical (unpaired) electrons. The van der Waals surface area contributed by atoms with Crippen LogP contribution in [0, 0.1) is 0 Å². The van der Waals surface area contributed by atoms with Crippen molar-refractivity contribution in [3.8, 4) is 0 Å². The summed E-state index contributed by atoms with van der Waals surface area (Å²) < 4.78 is 0. The van der Waals surface area contributed by atoms with E-state index in [1.54, 1.807) is 0 Å². The van der Waals surface area contributed by atoms with Crippen molar-refractivity contribution in [3.05, 3.63) is 29.8 Å². The molecule has 0 spiro atoms. The number of aromatic carboxylic acids is 1. The number of carboxylic acids is 1. The predicted octanol–water partition coefficient (Wildman–Crippen LogP) is -0.268. The van der Waals surface area contributed by atoms with Gasteiger partial charge in [-0.2, -0.15) is 4.98 Å². The second kappa shape index (κ2) is 4.49. The Hall–Kier alpha value is -2.97. The summed E-state index contributed by atoms with van der Waals surface area (Å²) in [5, 5.41) is 17.0. The Balaban J connectivity index is 2.16. The van der Waals surface area contributed by atoms with Crippen LogP contribution in [0.25, 0.3) is 0 Å². The highest BCUT2D eigenvalue weighted by Crippen LogP contribution is 2.09. The van der Waals surface area contributed by atoms with Crippen molar-refractivity contribution in [1.29, 1.82) is 0 Å². The van der Waals surface area contributed by atoms with Crippen molar-refractivity contribution in [2.24, 2.45) is 0 Å². The molecule has 2 heterocycles. The van der Waals surface area contributed by atoms with Gasteiger partial charge in [0.1, 0.15) is 0 Å². The van der Waals surface area contributed by atoms with E-state index in [2.05, 4.69) is 25.5 Å². The van der Waals surface area contributed by atoms with E-state index in [0.29, 0.717) is 0 Å². The zero-order valence-electron chi connectivity index (χ0n) is 8.91. The number of H-pyrrole nitrogens is 1. The molecule has 0 atom stereocenters. The van der Waals surface area contributed by atoms with Gasteiger partial charge in [-0.05, 0) is 6.07 Å². The van der Waals surface area contributed by atoms with E-state index in [0.717, 1.165) is 0 Å². The van der Waals surface area contributed by atoms with Gasteiger partial charge >= 0.3 is 5.97 Å². The number of nitrogen functional groups attached to an aromatic ring is 1. The number of nitrogens with one attached hydrogen (secondary N) is 2. The molecule has 0 aliphatic heterocycles. The highest BCUT2D eigenvalue weighted by atomic mass is 16.4. The van der Waals surface area contributed by atoms with E-state index in [9.17, 15) is 9.59 Å². The SMILES string of the molecule is Nc1n[nH]c(C(=O)Nc2cncc(C(=O)O)c2)n1. The third-order valence-corrected chi connectivity index (χ3v) is 1.96. The van der Waals surface area contributed by atoms with Crippen molar-refractivity contribution in [2.45, 2.75) is 0 Å². The van der Waals surface area contributed by atoms with Gasteiger partial charge in [0.25, 0.3) is 5.91 Å². The average molecular weight is 248 g/mol. The van der Waals surface area contributed by atoms with E-state index in [4.69, 9.17) is 10.8 Å². The molecule has 0 saturated carbocycles. The van der Waals surface area contributed by atoms with Crippen molar-refractivity contribution in [2.75, 3.05) is 11.1 Å². The number of hydrogen-bond acceptors (Lipinski definition) is 6. The van der Waals surface area contributed by atoms with Gasteiger partial charge in [-0.1, -0.05) is 0 Å². The van der Waals surface area contributed by atoms with Crippen molar-refractivity contribution in [3.63, 3.8) is 0 Å². The molecule has 2 aromatic heterocycles. The normalized spacial score (nSPS) is 10.0. The lowest BCUT2D eigenvalue weighted by Crippen LogP contribution is -2.14. The van der Waals surface area contributed by atoms with E-state index in [-0.39, 0.29) is 23.0 Å². The summed E-state index contributed by atoms with van der Waals surface area (Å²) in [7, 11) is 0. The fraction of sp³-hybridized carbons (Fsp3) is 0. The van der Waals surface area contributed by atoms with Crippen LogP contribution in [-0.2, 0) is 0 Å². The molecule has 1 amide bonds. The lowest BCUT2D eigenvalue weighted by molar-refractivity contribution is 0.0696. The smallest absolute Gasteiger partial charge is 0.337 e. The Morgan fingerprint density at radius 3 is 2.78 bits per heavy atom. The number of carboxylic acid groups (broad SMARTS) is 1. The van der Waals surface area contributed by atoms with Crippen LogP contribution >= 0.6 is 0 Å². The molecule has 0 saturated heterocycles. The number of carbonyl (C=O) groups excluding carboxylic acids is 1. The molecule has 2 rings (SSSR count). The minimum absolute atomic E-state index is 0.0371. The Labute approximate surface area is 100 Å². The lowest BCUT2D eigenvalue weighted by Gasteiger charge is -2.02. The van der Waals surface area contributed by atoms with Gasteiger partial charge in [0.15, 0.2) is 0 Å². The Morgan fingerprint density at radius 2 is 2.17 bits per heavy atom. The van der Waals surface area contributed by atoms with Gasteiger partial charge in [-0.15, -0.1) is 5.10 Å². The molecule has 2 aromatic rings. The Bertz CT molecular complexity index is 608. The Morgan fingerprint density at radius 1 is 1.39 bits per heavy atom. The zero-order valence-corrected chi connectivity index (χ0v) is 8.91. The lowest BCUT2D eigenvalue weighted by atomic mass is 10.2. The fourth-order valence-corrected chi connectivity index (χ4v) is 1.19. The topological polar surface area (TPSA) is 147 Å². The maximum absolute atomic E-state index is 11.6. The van der Waals surface area contributed by atoms with E-state index < -0.39 is 11.9 Å². The summed E-state index contributed by atoms with van der Waals surface area (Å²) in [5.74, 6) is -1.86. The van der Waals surface area contributed by atoms with Gasteiger partial charge in [-0.25, -0.2) is 4.79 Å². The molecule has 18 heavy (non-hydrogen) atoms. The first-order valence-corrected chi connectivity index (χ1v) is 4.74. The van der Waals surface area contributed by atoms with Crippen molar-refractivity contribution in [1.82, 2.24) is 20.2 Å². The summed E-state index contributed by atoms with van der Waals surface area (Å²) in [4.78, 5) is 29.7. The van der Waals surface area contributed by atoms with Gasteiger partial charge < -0.3 is 16.2 Å². The highest BCUT2D eigenvalue weighted by Gasteiger charge is 2.12. The van der Waals surface area contributed by atoms with Crippen molar-refractivity contribution < 1.29 is 14.7 Å². The first kappa shape index (κ1) is 11.5. The van der Waals surface area contributed by atoms with E-state index >= 15 is 0 Å². The molecule has 0 bridgehead atoms. The first-order chi connectivity index (χ1) is 8.56. The van der Waals surface area contributed by atoms with Crippen LogP contribution in [0.4, 0.5) is 11.6 Å². The molecule has 9 heteroatoms. The second-order valence-electron chi connectivity index (χ2n) is 3.26. The van der Waals surface area contributed by atoms with Crippen LogP contribution < -0.4 is 11.1 Å². The molecule has 0 aromatic carbocycles. The number of aromatic nitrogens is 4. The minimum atomic E-state index is -1.14. The molecular weight excluding hydrogens is 240 g/mol. The first-order valence-electron chi connectivity index (χ1n) is 4.74. The third-order valence-electron chi connectivity index (χ3n) is 1.96. The average Bonchev–Trinajstić information content (AvgIpc) is 2.76. The molecule has 0 aliphatic rings. The van der Waals surface area contributed by atoms with Crippen LogP contribution in [0.3, 0.4) is 0 Å². The second-order valence-corrected chi connectivity index (χ2v) is 3.26. The summed E-state index contributed by atoms with van der Waals surface area (Å²) in [6.07, 6.45) is 2.48. The summed E-state index contributed by atoms with van der Waals surface area (Å²) in [6.45, 7) is 0. The predicted molar refractivity (Wildman–Crippen MR) is 59.9 cm³/mol. The van der Waals surface area contributed by atoms with Crippen molar-refractivity contribution >= 4 is 23.5 Å². The summed E-state index contributed by atoms with van der Waals surface area (Å²) in [6, 6.07) is 1.27. The number of hydrogen-bond donors (Lipinski definition) is 4. The largest absolute Gasteiger partial charge is 0.478 e. The number of rotatable bonds is 3. The molecule has 0 unspecified atom stereocenters. The van der Waals surface area contributed by atoms with Crippen LogP contribution in [0.15, 0.2) is 18.5 Å². The van der Waals surface area contributed by atoms with Gasteiger partial charge in [0, 0.05) is 6.20 Å². The minimum Gasteiger partial charge on any atom is -0.478 e. The quantitative estimate of drug-likeness (QED) is 0.584. The highest BCUT2D eigenvalue weighted by molar-refractivity contribution is 6.02. The molecule has 92 valence electrons. The maximum atomic E-state index is 11.6. The van der Waals surface area contributed by atoms with Crippen LogP contribution in [0.1, 0.15) is 21.0 Å². The molecular formula is C9H8N6O3. The number of nitrogens with two attached hydrogens (primary N) is 1. The van der Waals surface area contributed by atoms with Gasteiger partial charge in [-0.3, -0.25) is 14.9 Å². The number of nitrogens with zero attached hydrogens (tertiary/aromatic N) is 3. The monoisotopic (exact) mass is 248 g/mol.